The molecule has 6 heteroatoms. The Labute approximate surface area is 167 Å². The molecule has 2 aromatic rings. The maximum Gasteiger partial charge on any atom is 0.315 e. The van der Waals surface area contributed by atoms with Gasteiger partial charge in [-0.05, 0) is 56.1 Å². The molecule has 1 aromatic carbocycles. The van der Waals surface area contributed by atoms with Gasteiger partial charge in [-0.15, -0.1) is 0 Å². The van der Waals surface area contributed by atoms with E-state index in [0.717, 1.165) is 36.6 Å². The molecule has 0 radical (unpaired) electrons. The SMILES string of the molecule is CN(C)Cc1ccccc1CNC(=O)NCc1ccc(N2CCCCC2)nc1. The molecule has 0 bridgehead atoms. The highest BCUT2D eigenvalue weighted by atomic mass is 16.2. The molecule has 2 N–H and O–H groups in total. The van der Waals surface area contributed by atoms with Crippen molar-refractivity contribution in [3.63, 3.8) is 0 Å². The van der Waals surface area contributed by atoms with Gasteiger partial charge in [0.25, 0.3) is 0 Å². The van der Waals surface area contributed by atoms with Gasteiger partial charge in [-0.1, -0.05) is 30.3 Å². The summed E-state index contributed by atoms with van der Waals surface area (Å²) >= 11 is 0. The summed E-state index contributed by atoms with van der Waals surface area (Å²) in [6.07, 6.45) is 5.65. The van der Waals surface area contributed by atoms with E-state index in [9.17, 15) is 4.79 Å². The zero-order chi connectivity index (χ0) is 19.8. The van der Waals surface area contributed by atoms with Gasteiger partial charge in [0.15, 0.2) is 0 Å². The first-order chi connectivity index (χ1) is 13.6. The molecule has 0 saturated carbocycles. The molecule has 0 spiro atoms. The highest BCUT2D eigenvalue weighted by Gasteiger charge is 2.12. The molecule has 0 atom stereocenters. The van der Waals surface area contributed by atoms with Crippen LogP contribution in [-0.4, -0.2) is 43.1 Å². The highest BCUT2D eigenvalue weighted by Crippen LogP contribution is 2.17. The van der Waals surface area contributed by atoms with Gasteiger partial charge in [0.1, 0.15) is 5.82 Å². The summed E-state index contributed by atoms with van der Waals surface area (Å²) in [5.41, 5.74) is 3.37. The number of hydrogen-bond donors (Lipinski definition) is 2. The lowest BCUT2D eigenvalue weighted by Gasteiger charge is -2.27. The van der Waals surface area contributed by atoms with Crippen molar-refractivity contribution in [1.29, 1.82) is 0 Å². The molecule has 1 fully saturated rings. The first-order valence-corrected chi connectivity index (χ1v) is 10.0. The van der Waals surface area contributed by atoms with E-state index in [-0.39, 0.29) is 6.03 Å². The summed E-state index contributed by atoms with van der Waals surface area (Å²) in [6, 6.07) is 12.1. The fraction of sp³-hybridized carbons (Fsp3) is 0.455. The van der Waals surface area contributed by atoms with E-state index in [0.29, 0.717) is 13.1 Å². The van der Waals surface area contributed by atoms with E-state index >= 15 is 0 Å². The molecule has 1 saturated heterocycles. The fourth-order valence-electron chi connectivity index (χ4n) is 3.48. The number of urea groups is 1. The number of carbonyl (C=O) groups excluding carboxylic acids is 1. The van der Waals surface area contributed by atoms with Gasteiger partial charge in [-0.25, -0.2) is 9.78 Å². The van der Waals surface area contributed by atoms with Crippen molar-refractivity contribution in [3.8, 4) is 0 Å². The van der Waals surface area contributed by atoms with Gasteiger partial charge in [-0.2, -0.15) is 0 Å². The second-order valence-electron chi connectivity index (χ2n) is 7.62. The summed E-state index contributed by atoms with van der Waals surface area (Å²) in [6.45, 7) is 4.01. The zero-order valence-corrected chi connectivity index (χ0v) is 16.9. The summed E-state index contributed by atoms with van der Waals surface area (Å²) in [5, 5.41) is 5.86. The Morgan fingerprint density at radius 2 is 1.71 bits per heavy atom. The number of nitrogens with one attached hydrogen (secondary N) is 2. The monoisotopic (exact) mass is 381 g/mol. The second kappa shape index (κ2) is 10.1. The van der Waals surface area contributed by atoms with Crippen LogP contribution in [0, 0.1) is 0 Å². The average molecular weight is 382 g/mol. The van der Waals surface area contributed by atoms with E-state index in [1.54, 1.807) is 0 Å². The minimum absolute atomic E-state index is 0.167. The van der Waals surface area contributed by atoms with Gasteiger partial charge in [-0.3, -0.25) is 0 Å². The van der Waals surface area contributed by atoms with Crippen LogP contribution in [0.4, 0.5) is 10.6 Å². The Bertz CT molecular complexity index is 754. The van der Waals surface area contributed by atoms with Crippen molar-refractivity contribution >= 4 is 11.8 Å². The maximum absolute atomic E-state index is 12.2. The minimum Gasteiger partial charge on any atom is -0.357 e. The van der Waals surface area contributed by atoms with E-state index in [2.05, 4.69) is 43.6 Å². The predicted molar refractivity (Wildman–Crippen MR) is 113 cm³/mol. The fourth-order valence-corrected chi connectivity index (χ4v) is 3.48. The van der Waals surface area contributed by atoms with Crippen molar-refractivity contribution in [2.45, 2.75) is 38.9 Å². The summed E-state index contributed by atoms with van der Waals surface area (Å²) < 4.78 is 0. The lowest BCUT2D eigenvalue weighted by atomic mass is 10.1. The quantitative estimate of drug-likeness (QED) is 0.774. The Balaban J connectivity index is 1.45. The van der Waals surface area contributed by atoms with Gasteiger partial charge < -0.3 is 20.4 Å². The Morgan fingerprint density at radius 3 is 2.39 bits per heavy atom. The number of hydrogen-bond acceptors (Lipinski definition) is 4. The predicted octanol–water partition coefficient (Wildman–Crippen LogP) is 3.13. The summed E-state index contributed by atoms with van der Waals surface area (Å²) in [4.78, 5) is 21.2. The van der Waals surface area contributed by atoms with Crippen molar-refractivity contribution in [1.82, 2.24) is 20.5 Å². The van der Waals surface area contributed by atoms with Crippen LogP contribution in [0.1, 0.15) is 36.0 Å². The van der Waals surface area contributed by atoms with Crippen molar-refractivity contribution in [2.24, 2.45) is 0 Å². The van der Waals surface area contributed by atoms with E-state index < -0.39 is 0 Å². The molecule has 0 unspecified atom stereocenters. The van der Waals surface area contributed by atoms with Gasteiger partial charge >= 0.3 is 6.03 Å². The number of rotatable bonds is 7. The summed E-state index contributed by atoms with van der Waals surface area (Å²) in [7, 11) is 4.09. The minimum atomic E-state index is -0.167. The number of pyridine rings is 1. The molecule has 2 heterocycles. The smallest absolute Gasteiger partial charge is 0.315 e. The molecule has 1 aliphatic rings. The van der Waals surface area contributed by atoms with E-state index in [4.69, 9.17) is 0 Å². The third-order valence-electron chi connectivity index (χ3n) is 4.99. The molecule has 150 valence electrons. The van der Waals surface area contributed by atoms with Crippen LogP contribution in [0.3, 0.4) is 0 Å². The highest BCUT2D eigenvalue weighted by molar-refractivity contribution is 5.73. The van der Waals surface area contributed by atoms with Crippen LogP contribution in [0.25, 0.3) is 0 Å². The maximum atomic E-state index is 12.2. The van der Waals surface area contributed by atoms with Crippen LogP contribution in [0.15, 0.2) is 42.6 Å². The van der Waals surface area contributed by atoms with Crippen LogP contribution in [0.2, 0.25) is 0 Å². The van der Waals surface area contributed by atoms with Gasteiger partial charge in [0.2, 0.25) is 0 Å². The number of benzene rings is 1. The lowest BCUT2D eigenvalue weighted by Crippen LogP contribution is -2.35. The summed E-state index contributed by atoms with van der Waals surface area (Å²) in [5.74, 6) is 1.03. The Morgan fingerprint density at radius 1 is 1.00 bits per heavy atom. The van der Waals surface area contributed by atoms with Crippen LogP contribution in [0.5, 0.6) is 0 Å². The first kappa shape index (κ1) is 20.1. The van der Waals surface area contributed by atoms with Gasteiger partial charge in [0, 0.05) is 38.9 Å². The first-order valence-electron chi connectivity index (χ1n) is 10.0. The van der Waals surface area contributed by atoms with Crippen LogP contribution in [-0.2, 0) is 19.6 Å². The molecular formula is C22H31N5O. The van der Waals surface area contributed by atoms with Crippen molar-refractivity contribution < 1.29 is 4.79 Å². The largest absolute Gasteiger partial charge is 0.357 e. The molecule has 1 aliphatic heterocycles. The van der Waals surface area contributed by atoms with E-state index in [1.807, 2.05) is 38.5 Å². The zero-order valence-electron chi connectivity index (χ0n) is 16.9. The molecule has 6 nitrogen and oxygen atoms in total. The molecule has 3 rings (SSSR count). The van der Waals surface area contributed by atoms with Crippen LogP contribution >= 0.6 is 0 Å². The third-order valence-corrected chi connectivity index (χ3v) is 4.99. The number of nitrogens with zero attached hydrogens (tertiary/aromatic N) is 3. The van der Waals surface area contributed by atoms with Crippen molar-refractivity contribution in [2.75, 3.05) is 32.1 Å². The van der Waals surface area contributed by atoms with Crippen molar-refractivity contribution in [3.05, 3.63) is 59.3 Å². The third kappa shape index (κ3) is 5.96. The normalized spacial score (nSPS) is 14.2. The second-order valence-corrected chi connectivity index (χ2v) is 7.62. The number of piperidine rings is 1. The molecule has 2 amide bonds. The standard InChI is InChI=1S/C22H31N5O/c1-26(2)17-20-9-5-4-8-19(20)16-25-22(28)24-15-18-10-11-21(23-14-18)27-12-6-3-7-13-27/h4-5,8-11,14H,3,6-7,12-13,15-17H2,1-2H3,(H2,24,25,28). The van der Waals surface area contributed by atoms with Gasteiger partial charge in [0.05, 0.1) is 0 Å². The topological polar surface area (TPSA) is 60.5 Å². The lowest BCUT2D eigenvalue weighted by molar-refractivity contribution is 0.240. The molecule has 28 heavy (non-hydrogen) atoms. The Kier molecular flexibility index (Phi) is 7.25. The Hall–Kier alpha value is -2.60. The number of anilines is 1. The number of amides is 2. The number of aromatic nitrogens is 1. The molecule has 1 aromatic heterocycles. The number of carbonyl (C=O) groups is 1. The molecular weight excluding hydrogens is 350 g/mol. The van der Waals surface area contributed by atoms with E-state index in [1.165, 1.54) is 24.8 Å². The van der Waals surface area contributed by atoms with Crippen LogP contribution < -0.4 is 15.5 Å². The average Bonchev–Trinajstić information content (AvgIpc) is 2.72. The molecule has 0 aliphatic carbocycles.